The van der Waals surface area contributed by atoms with Gasteiger partial charge in [-0.15, -0.1) is 0 Å². The Labute approximate surface area is 120 Å². The quantitative estimate of drug-likeness (QED) is 0.735. The summed E-state index contributed by atoms with van der Waals surface area (Å²) in [7, 11) is 0. The summed E-state index contributed by atoms with van der Waals surface area (Å²) in [6, 6.07) is 6.11. The maximum Gasteiger partial charge on any atom is 0.235 e. The standard InChI is InChI=1S/C17H21NO2/c1-12-6-7-14(13(2)10-12)18-16(20)11-15(19)17(18)8-4-3-5-9-17/h6-7,10H,3-5,8-9,11H2,1-2H3. The molecule has 1 aliphatic heterocycles. The molecule has 3 heteroatoms. The molecule has 1 spiro atoms. The molecule has 0 bridgehead atoms. The third-order valence-electron chi connectivity index (χ3n) is 4.78. The van der Waals surface area contributed by atoms with Crippen molar-refractivity contribution >= 4 is 17.4 Å². The van der Waals surface area contributed by atoms with E-state index in [1.165, 1.54) is 12.0 Å². The van der Waals surface area contributed by atoms with Crippen molar-refractivity contribution in [1.82, 2.24) is 0 Å². The minimum atomic E-state index is -0.546. The van der Waals surface area contributed by atoms with Gasteiger partial charge in [-0.2, -0.15) is 0 Å². The van der Waals surface area contributed by atoms with Crippen LogP contribution in [0.25, 0.3) is 0 Å². The summed E-state index contributed by atoms with van der Waals surface area (Å²) >= 11 is 0. The highest BCUT2D eigenvalue weighted by Gasteiger charge is 2.53. The van der Waals surface area contributed by atoms with Gasteiger partial charge in [-0.05, 0) is 38.3 Å². The molecule has 1 aromatic carbocycles. The minimum absolute atomic E-state index is 0.0242. The first kappa shape index (κ1) is 13.3. The van der Waals surface area contributed by atoms with Crippen molar-refractivity contribution in [2.24, 2.45) is 0 Å². The van der Waals surface area contributed by atoms with Gasteiger partial charge in [-0.25, -0.2) is 0 Å². The number of nitrogens with zero attached hydrogens (tertiary/aromatic N) is 1. The summed E-state index contributed by atoms with van der Waals surface area (Å²) in [6.07, 6.45) is 4.98. The Kier molecular flexibility index (Phi) is 3.15. The first-order valence-corrected chi connectivity index (χ1v) is 7.48. The predicted molar refractivity (Wildman–Crippen MR) is 78.8 cm³/mol. The van der Waals surface area contributed by atoms with Crippen molar-refractivity contribution in [2.75, 3.05) is 4.90 Å². The molecule has 3 nitrogen and oxygen atoms in total. The molecule has 1 saturated heterocycles. The Bertz CT molecular complexity index is 570. The first-order valence-electron chi connectivity index (χ1n) is 7.48. The number of hydrogen-bond acceptors (Lipinski definition) is 2. The maximum atomic E-state index is 12.5. The molecule has 1 aromatic rings. The smallest absolute Gasteiger partial charge is 0.235 e. The second-order valence-electron chi connectivity index (χ2n) is 6.21. The van der Waals surface area contributed by atoms with Crippen molar-refractivity contribution in [1.29, 1.82) is 0 Å². The molecule has 1 heterocycles. The lowest BCUT2D eigenvalue weighted by molar-refractivity contribution is -0.123. The van der Waals surface area contributed by atoms with Gasteiger partial charge in [0.25, 0.3) is 0 Å². The van der Waals surface area contributed by atoms with E-state index in [0.29, 0.717) is 0 Å². The highest BCUT2D eigenvalue weighted by atomic mass is 16.2. The van der Waals surface area contributed by atoms with Gasteiger partial charge in [0.2, 0.25) is 5.91 Å². The van der Waals surface area contributed by atoms with Crippen molar-refractivity contribution in [3.63, 3.8) is 0 Å². The molecule has 1 amide bonds. The Hall–Kier alpha value is -1.64. The van der Waals surface area contributed by atoms with Gasteiger partial charge in [0.05, 0.1) is 6.42 Å². The molecule has 0 radical (unpaired) electrons. The highest BCUT2D eigenvalue weighted by molar-refractivity contribution is 6.19. The number of hydrogen-bond donors (Lipinski definition) is 0. The topological polar surface area (TPSA) is 37.4 Å². The molecule has 0 N–H and O–H groups in total. The van der Waals surface area contributed by atoms with Crippen LogP contribution in [0.2, 0.25) is 0 Å². The van der Waals surface area contributed by atoms with Gasteiger partial charge >= 0.3 is 0 Å². The Balaban J connectivity index is 2.09. The lowest BCUT2D eigenvalue weighted by Crippen LogP contribution is -2.51. The lowest BCUT2D eigenvalue weighted by Gasteiger charge is -2.40. The summed E-state index contributed by atoms with van der Waals surface area (Å²) in [4.78, 5) is 26.7. The van der Waals surface area contributed by atoms with E-state index in [9.17, 15) is 9.59 Å². The van der Waals surface area contributed by atoms with Crippen LogP contribution >= 0.6 is 0 Å². The third kappa shape index (κ3) is 1.88. The summed E-state index contributed by atoms with van der Waals surface area (Å²) in [6.45, 7) is 4.07. The molecular formula is C17H21NO2. The van der Waals surface area contributed by atoms with E-state index in [2.05, 4.69) is 6.07 Å². The molecule has 1 saturated carbocycles. The Morgan fingerprint density at radius 1 is 1.05 bits per heavy atom. The van der Waals surface area contributed by atoms with Gasteiger partial charge < -0.3 is 0 Å². The van der Waals surface area contributed by atoms with Crippen molar-refractivity contribution < 1.29 is 9.59 Å². The number of carbonyl (C=O) groups excluding carboxylic acids is 2. The van der Waals surface area contributed by atoms with Gasteiger partial charge in [0.15, 0.2) is 5.78 Å². The van der Waals surface area contributed by atoms with E-state index < -0.39 is 5.54 Å². The van der Waals surface area contributed by atoms with E-state index in [1.807, 2.05) is 30.9 Å². The van der Waals surface area contributed by atoms with Crippen LogP contribution in [0.5, 0.6) is 0 Å². The number of anilines is 1. The number of Topliss-reactive ketones (excluding diaryl/α,β-unsaturated/α-hetero) is 1. The number of ketones is 1. The average Bonchev–Trinajstić information content (AvgIpc) is 2.63. The van der Waals surface area contributed by atoms with Gasteiger partial charge in [-0.3, -0.25) is 14.5 Å². The number of aryl methyl sites for hydroxylation is 2. The molecule has 0 atom stereocenters. The normalized spacial score (nSPS) is 21.8. The van der Waals surface area contributed by atoms with Crippen LogP contribution in [0.15, 0.2) is 18.2 Å². The molecule has 20 heavy (non-hydrogen) atoms. The average molecular weight is 271 g/mol. The number of carbonyl (C=O) groups is 2. The number of rotatable bonds is 1. The van der Waals surface area contributed by atoms with Gasteiger partial charge in [0.1, 0.15) is 5.54 Å². The summed E-state index contributed by atoms with van der Waals surface area (Å²) in [5, 5.41) is 0. The molecule has 2 aliphatic rings. The van der Waals surface area contributed by atoms with Crippen LogP contribution in [-0.4, -0.2) is 17.2 Å². The fraction of sp³-hybridized carbons (Fsp3) is 0.529. The molecule has 2 fully saturated rings. The van der Waals surface area contributed by atoms with Crippen molar-refractivity contribution in [3.8, 4) is 0 Å². The first-order chi connectivity index (χ1) is 9.54. The number of benzene rings is 1. The van der Waals surface area contributed by atoms with Crippen LogP contribution < -0.4 is 4.90 Å². The van der Waals surface area contributed by atoms with E-state index in [-0.39, 0.29) is 18.1 Å². The van der Waals surface area contributed by atoms with Crippen LogP contribution in [0.1, 0.15) is 49.7 Å². The lowest BCUT2D eigenvalue weighted by atomic mass is 9.78. The SMILES string of the molecule is Cc1ccc(N2C(=O)CC(=O)C23CCCCC3)c(C)c1. The monoisotopic (exact) mass is 271 g/mol. The fourth-order valence-corrected chi connectivity index (χ4v) is 3.80. The predicted octanol–water partition coefficient (Wildman–Crippen LogP) is 3.31. The summed E-state index contributed by atoms with van der Waals surface area (Å²) in [5.74, 6) is 0.103. The van der Waals surface area contributed by atoms with Gasteiger partial charge in [0, 0.05) is 5.69 Å². The van der Waals surface area contributed by atoms with E-state index in [0.717, 1.165) is 36.9 Å². The van der Waals surface area contributed by atoms with E-state index >= 15 is 0 Å². The Morgan fingerprint density at radius 2 is 1.75 bits per heavy atom. The van der Waals surface area contributed by atoms with Crippen LogP contribution in [-0.2, 0) is 9.59 Å². The zero-order chi connectivity index (χ0) is 14.3. The van der Waals surface area contributed by atoms with Gasteiger partial charge in [-0.1, -0.05) is 37.0 Å². The molecule has 106 valence electrons. The van der Waals surface area contributed by atoms with E-state index in [1.54, 1.807) is 0 Å². The second-order valence-corrected chi connectivity index (χ2v) is 6.21. The third-order valence-corrected chi connectivity index (χ3v) is 4.78. The van der Waals surface area contributed by atoms with Crippen LogP contribution in [0.3, 0.4) is 0 Å². The minimum Gasteiger partial charge on any atom is -0.299 e. The van der Waals surface area contributed by atoms with Crippen LogP contribution in [0, 0.1) is 13.8 Å². The van der Waals surface area contributed by atoms with Crippen LogP contribution in [0.4, 0.5) is 5.69 Å². The molecular weight excluding hydrogens is 250 g/mol. The zero-order valence-electron chi connectivity index (χ0n) is 12.2. The Morgan fingerprint density at radius 3 is 2.40 bits per heavy atom. The van der Waals surface area contributed by atoms with Crippen molar-refractivity contribution in [3.05, 3.63) is 29.3 Å². The molecule has 1 aliphatic carbocycles. The summed E-state index contributed by atoms with van der Waals surface area (Å²) in [5.41, 5.74) is 2.64. The number of amides is 1. The zero-order valence-corrected chi connectivity index (χ0v) is 12.2. The summed E-state index contributed by atoms with van der Waals surface area (Å²) < 4.78 is 0. The largest absolute Gasteiger partial charge is 0.299 e. The fourth-order valence-electron chi connectivity index (χ4n) is 3.80. The van der Waals surface area contributed by atoms with Crippen molar-refractivity contribution in [2.45, 2.75) is 57.9 Å². The molecule has 0 unspecified atom stereocenters. The second kappa shape index (κ2) is 4.72. The molecule has 0 aromatic heterocycles. The van der Waals surface area contributed by atoms with E-state index in [4.69, 9.17) is 0 Å². The maximum absolute atomic E-state index is 12.5. The molecule has 3 rings (SSSR count). The highest BCUT2D eigenvalue weighted by Crippen LogP contribution is 2.43.